The maximum Gasteiger partial charge on any atom is 0.166 e. The second-order valence-electron chi connectivity index (χ2n) is 4.92. The quantitative estimate of drug-likeness (QED) is 0.677. The largest absolute Gasteiger partial charge is 0.468 e. The molecule has 17 heavy (non-hydrogen) atoms. The normalized spacial score (nSPS) is 23.3. The van der Waals surface area contributed by atoms with Crippen molar-refractivity contribution in [2.75, 3.05) is 0 Å². The van der Waals surface area contributed by atoms with E-state index in [1.165, 1.54) is 0 Å². The number of hydrogen-bond acceptors (Lipinski definition) is 2. The molecule has 0 spiro atoms. The van der Waals surface area contributed by atoms with Crippen LogP contribution in [0, 0.1) is 12.8 Å². The Labute approximate surface area is 102 Å². The van der Waals surface area contributed by atoms with Crippen LogP contribution in [0.3, 0.4) is 0 Å². The van der Waals surface area contributed by atoms with E-state index >= 15 is 0 Å². The molecule has 2 heteroatoms. The summed E-state index contributed by atoms with van der Waals surface area (Å²) in [7, 11) is 0. The van der Waals surface area contributed by atoms with E-state index in [0.29, 0.717) is 18.8 Å². The van der Waals surface area contributed by atoms with Crippen molar-refractivity contribution in [3.05, 3.63) is 47.5 Å². The van der Waals surface area contributed by atoms with Gasteiger partial charge in [-0.3, -0.25) is 4.79 Å². The minimum atomic E-state index is 0.196. The Hall–Kier alpha value is -1.57. The molecule has 0 amide bonds. The second kappa shape index (κ2) is 4.74. The Morgan fingerprint density at radius 3 is 3.00 bits per heavy atom. The van der Waals surface area contributed by atoms with Gasteiger partial charge in [-0.1, -0.05) is 25.7 Å². The van der Waals surface area contributed by atoms with Crippen molar-refractivity contribution in [2.45, 2.75) is 33.1 Å². The van der Waals surface area contributed by atoms with Crippen LogP contribution >= 0.6 is 0 Å². The average molecular weight is 230 g/mol. The fourth-order valence-electron chi connectivity index (χ4n) is 2.24. The predicted octanol–water partition coefficient (Wildman–Crippen LogP) is 3.86. The van der Waals surface area contributed by atoms with Crippen molar-refractivity contribution in [2.24, 2.45) is 5.92 Å². The summed E-state index contributed by atoms with van der Waals surface area (Å²) >= 11 is 0. The molecule has 1 aromatic heterocycles. The van der Waals surface area contributed by atoms with E-state index in [0.717, 1.165) is 28.9 Å². The minimum absolute atomic E-state index is 0.196. The zero-order valence-corrected chi connectivity index (χ0v) is 10.5. The summed E-state index contributed by atoms with van der Waals surface area (Å²) in [5, 5.41) is 0. The standard InChI is InChI=1S/C15H18O2/c1-10-5-4-6-11(2)8-14-15(13(16)7-10)12(3)9-17-14/h4,6,9-10H,2,5,7-8H2,1,3H3/b6-4-. The van der Waals surface area contributed by atoms with Crippen LogP contribution in [0.25, 0.3) is 0 Å². The summed E-state index contributed by atoms with van der Waals surface area (Å²) in [4.78, 5) is 12.2. The van der Waals surface area contributed by atoms with Gasteiger partial charge in [0, 0.05) is 12.8 Å². The Balaban J connectivity index is 2.41. The number of ketones is 1. The Bertz CT molecular complexity index is 477. The first-order valence-electron chi connectivity index (χ1n) is 6.02. The van der Waals surface area contributed by atoms with E-state index in [1.807, 2.05) is 13.0 Å². The van der Waals surface area contributed by atoms with Gasteiger partial charge in [0.2, 0.25) is 0 Å². The number of furan rings is 1. The van der Waals surface area contributed by atoms with Crippen molar-refractivity contribution in [1.82, 2.24) is 0 Å². The number of Topliss-reactive ketones (excluding diaryl/α,β-unsaturated/α-hetero) is 1. The summed E-state index contributed by atoms with van der Waals surface area (Å²) < 4.78 is 5.48. The summed E-state index contributed by atoms with van der Waals surface area (Å²) in [6.45, 7) is 8.01. The lowest BCUT2D eigenvalue weighted by Crippen LogP contribution is -2.09. The first-order valence-corrected chi connectivity index (χ1v) is 6.02. The van der Waals surface area contributed by atoms with Crippen molar-refractivity contribution in [1.29, 1.82) is 0 Å². The van der Waals surface area contributed by atoms with E-state index in [-0.39, 0.29) is 5.78 Å². The van der Waals surface area contributed by atoms with Gasteiger partial charge in [0.05, 0.1) is 11.8 Å². The van der Waals surface area contributed by atoms with Crippen LogP contribution in [-0.2, 0) is 6.42 Å². The number of hydrogen-bond donors (Lipinski definition) is 0. The van der Waals surface area contributed by atoms with Gasteiger partial charge in [0.1, 0.15) is 5.76 Å². The van der Waals surface area contributed by atoms with E-state index in [1.54, 1.807) is 6.26 Å². The highest BCUT2D eigenvalue weighted by Crippen LogP contribution is 2.25. The molecule has 0 radical (unpaired) electrons. The smallest absolute Gasteiger partial charge is 0.166 e. The molecule has 0 N–H and O–H groups in total. The van der Waals surface area contributed by atoms with Crippen molar-refractivity contribution >= 4 is 5.78 Å². The first kappa shape index (κ1) is 11.9. The summed E-state index contributed by atoms with van der Waals surface area (Å²) in [5.41, 5.74) is 2.70. The monoisotopic (exact) mass is 230 g/mol. The maximum absolute atomic E-state index is 12.2. The highest BCUT2D eigenvalue weighted by molar-refractivity contribution is 5.98. The summed E-state index contributed by atoms with van der Waals surface area (Å²) in [6.07, 6.45) is 7.94. The molecule has 0 saturated carbocycles. The topological polar surface area (TPSA) is 30.2 Å². The van der Waals surface area contributed by atoms with Crippen LogP contribution in [0.2, 0.25) is 0 Å². The average Bonchev–Trinajstić information content (AvgIpc) is 2.58. The molecule has 1 aromatic rings. The van der Waals surface area contributed by atoms with E-state index in [4.69, 9.17) is 4.42 Å². The Kier molecular flexibility index (Phi) is 3.32. The van der Waals surface area contributed by atoms with Crippen molar-refractivity contribution in [3.8, 4) is 0 Å². The number of fused-ring (bicyclic) bond motifs is 1. The molecule has 1 heterocycles. The molecule has 2 nitrogen and oxygen atoms in total. The van der Waals surface area contributed by atoms with E-state index in [2.05, 4.69) is 19.6 Å². The summed E-state index contributed by atoms with van der Waals surface area (Å²) in [5.74, 6) is 1.32. The molecular formula is C15H18O2. The minimum Gasteiger partial charge on any atom is -0.468 e. The van der Waals surface area contributed by atoms with Crippen molar-refractivity contribution < 1.29 is 9.21 Å². The maximum atomic E-state index is 12.2. The highest BCUT2D eigenvalue weighted by Gasteiger charge is 2.20. The molecule has 90 valence electrons. The molecule has 1 aliphatic carbocycles. The zero-order chi connectivity index (χ0) is 12.4. The lowest BCUT2D eigenvalue weighted by atomic mass is 9.92. The molecule has 0 bridgehead atoms. The molecule has 1 unspecified atom stereocenters. The first-order chi connectivity index (χ1) is 8.08. The van der Waals surface area contributed by atoms with Crippen LogP contribution in [0.4, 0.5) is 0 Å². The van der Waals surface area contributed by atoms with Gasteiger partial charge < -0.3 is 4.42 Å². The fraction of sp³-hybridized carbons (Fsp3) is 0.400. The lowest BCUT2D eigenvalue weighted by Gasteiger charge is -2.11. The van der Waals surface area contributed by atoms with Crippen LogP contribution in [-0.4, -0.2) is 5.78 Å². The third-order valence-corrected chi connectivity index (χ3v) is 3.14. The number of carbonyl (C=O) groups excluding carboxylic acids is 1. The van der Waals surface area contributed by atoms with Gasteiger partial charge in [-0.15, -0.1) is 0 Å². The van der Waals surface area contributed by atoms with Gasteiger partial charge in [-0.2, -0.15) is 0 Å². The number of rotatable bonds is 0. The third kappa shape index (κ3) is 2.57. The summed E-state index contributed by atoms with van der Waals surface area (Å²) in [6, 6.07) is 0. The van der Waals surface area contributed by atoms with Crippen LogP contribution in [0.15, 0.2) is 35.0 Å². The fourth-order valence-corrected chi connectivity index (χ4v) is 2.24. The van der Waals surface area contributed by atoms with Gasteiger partial charge >= 0.3 is 0 Å². The number of aryl methyl sites for hydroxylation is 1. The van der Waals surface area contributed by atoms with E-state index in [9.17, 15) is 4.79 Å². The molecule has 0 aromatic carbocycles. The Morgan fingerprint density at radius 2 is 2.24 bits per heavy atom. The van der Waals surface area contributed by atoms with Gasteiger partial charge in [-0.25, -0.2) is 0 Å². The van der Waals surface area contributed by atoms with E-state index < -0.39 is 0 Å². The Morgan fingerprint density at radius 1 is 1.47 bits per heavy atom. The molecule has 2 rings (SSSR count). The second-order valence-corrected chi connectivity index (χ2v) is 4.92. The third-order valence-electron chi connectivity index (χ3n) is 3.14. The zero-order valence-electron chi connectivity index (χ0n) is 10.5. The molecule has 0 aliphatic heterocycles. The predicted molar refractivity (Wildman–Crippen MR) is 68.2 cm³/mol. The SMILES string of the molecule is C=C1/C=C\CC(C)CC(=O)c2c(C)coc2C1. The molecular weight excluding hydrogens is 212 g/mol. The van der Waals surface area contributed by atoms with Crippen LogP contribution in [0.1, 0.15) is 41.4 Å². The molecule has 1 atom stereocenters. The molecule has 0 fully saturated rings. The lowest BCUT2D eigenvalue weighted by molar-refractivity contribution is 0.0962. The van der Waals surface area contributed by atoms with Crippen LogP contribution in [0.5, 0.6) is 0 Å². The number of carbonyl (C=O) groups is 1. The molecule has 1 aliphatic rings. The van der Waals surface area contributed by atoms with Gasteiger partial charge in [-0.05, 0) is 30.4 Å². The van der Waals surface area contributed by atoms with Crippen molar-refractivity contribution in [3.63, 3.8) is 0 Å². The highest BCUT2D eigenvalue weighted by atomic mass is 16.3. The molecule has 0 saturated heterocycles. The van der Waals surface area contributed by atoms with Gasteiger partial charge in [0.25, 0.3) is 0 Å². The van der Waals surface area contributed by atoms with Crippen LogP contribution < -0.4 is 0 Å². The number of allylic oxidation sites excluding steroid dienone is 3. The van der Waals surface area contributed by atoms with Gasteiger partial charge in [0.15, 0.2) is 5.78 Å².